The zero-order valence-corrected chi connectivity index (χ0v) is 13.1. The Labute approximate surface area is 136 Å². The van der Waals surface area contributed by atoms with Gasteiger partial charge in [-0.05, 0) is 42.3 Å². The third-order valence-electron chi connectivity index (χ3n) is 3.43. The molecule has 5 heteroatoms. The van der Waals surface area contributed by atoms with Crippen LogP contribution in [0.15, 0.2) is 52.1 Å². The Morgan fingerprint density at radius 2 is 1.59 bits per heavy atom. The quantitative estimate of drug-likeness (QED) is 0.727. The van der Waals surface area contributed by atoms with Gasteiger partial charge in [0.25, 0.3) is 5.43 Å². The van der Waals surface area contributed by atoms with E-state index in [4.69, 9.17) is 23.2 Å². The second-order valence-electron chi connectivity index (χ2n) is 5.02. The molecule has 22 heavy (non-hydrogen) atoms. The molecule has 3 aromatic rings. The predicted octanol–water partition coefficient (Wildman–Crippen LogP) is 4.31. The van der Waals surface area contributed by atoms with Crippen LogP contribution in [0.1, 0.15) is 5.56 Å². The van der Waals surface area contributed by atoms with Gasteiger partial charge >= 0.3 is 0 Å². The molecular formula is C17H11Cl2NO2. The van der Waals surface area contributed by atoms with Crippen LogP contribution < -0.4 is 16.2 Å². The van der Waals surface area contributed by atoms with Crippen LogP contribution in [-0.2, 0) is 0 Å². The number of halogens is 2. The second kappa shape index (κ2) is 5.59. The van der Waals surface area contributed by atoms with Crippen molar-refractivity contribution in [2.75, 3.05) is 5.32 Å². The summed E-state index contributed by atoms with van der Waals surface area (Å²) in [5.41, 5.74) is 1.83. The van der Waals surface area contributed by atoms with Crippen LogP contribution in [0.5, 0.6) is 0 Å². The molecule has 0 aliphatic rings. The molecule has 3 rings (SSSR count). The third-order valence-corrected chi connectivity index (χ3v) is 3.99. The summed E-state index contributed by atoms with van der Waals surface area (Å²) in [6.45, 7) is 1.92. The topological polar surface area (TPSA) is 46.2 Å². The second-order valence-corrected chi connectivity index (χ2v) is 5.87. The van der Waals surface area contributed by atoms with E-state index in [0.29, 0.717) is 26.9 Å². The molecule has 0 aliphatic heterocycles. The van der Waals surface area contributed by atoms with Gasteiger partial charge in [-0.3, -0.25) is 9.59 Å². The number of aryl methyl sites for hydroxylation is 1. The Kier molecular flexibility index (Phi) is 3.77. The number of hydrogen-bond acceptors (Lipinski definition) is 3. The van der Waals surface area contributed by atoms with Crippen LogP contribution in [0.3, 0.4) is 0 Å². The smallest absolute Gasteiger partial charge is 0.250 e. The fraction of sp³-hybridized carbons (Fsp3) is 0.0588. The molecule has 0 fully saturated rings. The SMILES string of the molecule is Cc1ccc(Nc2c(-c3ccc(Cl)cc3)c(=O)c2=O)c(Cl)c1. The molecule has 0 saturated carbocycles. The maximum Gasteiger partial charge on any atom is 0.250 e. The van der Waals surface area contributed by atoms with Gasteiger partial charge in [0.2, 0.25) is 5.43 Å². The van der Waals surface area contributed by atoms with E-state index in [2.05, 4.69) is 5.32 Å². The largest absolute Gasteiger partial charge is 0.350 e. The summed E-state index contributed by atoms with van der Waals surface area (Å²) in [4.78, 5) is 23.7. The van der Waals surface area contributed by atoms with Gasteiger partial charge in [0.05, 0.1) is 16.3 Å². The minimum atomic E-state index is -0.540. The molecule has 0 spiro atoms. The molecule has 3 aromatic carbocycles. The lowest BCUT2D eigenvalue weighted by molar-refractivity contribution is 1.37. The third kappa shape index (κ3) is 2.54. The lowest BCUT2D eigenvalue weighted by atomic mass is 9.98. The van der Waals surface area contributed by atoms with Crippen molar-refractivity contribution in [1.82, 2.24) is 0 Å². The average Bonchev–Trinajstić information content (AvgIpc) is 2.50. The molecule has 110 valence electrons. The normalized spacial score (nSPS) is 10.9. The van der Waals surface area contributed by atoms with Gasteiger partial charge in [0.15, 0.2) is 0 Å². The molecule has 0 unspecified atom stereocenters. The molecule has 0 atom stereocenters. The van der Waals surface area contributed by atoms with Crippen LogP contribution >= 0.6 is 23.2 Å². The Morgan fingerprint density at radius 3 is 2.23 bits per heavy atom. The predicted molar refractivity (Wildman–Crippen MR) is 91.3 cm³/mol. The minimum absolute atomic E-state index is 0.262. The summed E-state index contributed by atoms with van der Waals surface area (Å²) in [7, 11) is 0. The Morgan fingerprint density at radius 1 is 0.909 bits per heavy atom. The highest BCUT2D eigenvalue weighted by atomic mass is 35.5. The molecular weight excluding hydrogens is 321 g/mol. The van der Waals surface area contributed by atoms with Crippen molar-refractivity contribution >= 4 is 34.6 Å². The van der Waals surface area contributed by atoms with E-state index in [1.165, 1.54) is 0 Å². The van der Waals surface area contributed by atoms with Crippen LogP contribution in [0.4, 0.5) is 11.4 Å². The number of anilines is 2. The Balaban J connectivity index is 2.02. The van der Waals surface area contributed by atoms with Crippen molar-refractivity contribution in [1.29, 1.82) is 0 Å². The van der Waals surface area contributed by atoms with Gasteiger partial charge in [-0.15, -0.1) is 0 Å². The zero-order chi connectivity index (χ0) is 15.9. The first kappa shape index (κ1) is 14.8. The van der Waals surface area contributed by atoms with Gasteiger partial charge in [0, 0.05) is 5.02 Å². The van der Waals surface area contributed by atoms with E-state index in [1.807, 2.05) is 13.0 Å². The Bertz CT molecular complexity index is 923. The van der Waals surface area contributed by atoms with Gasteiger partial charge < -0.3 is 5.32 Å². The van der Waals surface area contributed by atoms with Crippen LogP contribution in [0.25, 0.3) is 11.1 Å². The molecule has 1 N–H and O–H groups in total. The van der Waals surface area contributed by atoms with Gasteiger partial charge in [0.1, 0.15) is 5.69 Å². The summed E-state index contributed by atoms with van der Waals surface area (Å²) >= 11 is 12.0. The number of benzene rings is 2. The molecule has 0 radical (unpaired) electrons. The summed E-state index contributed by atoms with van der Waals surface area (Å²) in [6.07, 6.45) is 0. The van der Waals surface area contributed by atoms with Crippen molar-refractivity contribution in [3.63, 3.8) is 0 Å². The first-order valence-electron chi connectivity index (χ1n) is 6.60. The van der Waals surface area contributed by atoms with E-state index in [0.717, 1.165) is 5.56 Å². The maximum absolute atomic E-state index is 11.9. The van der Waals surface area contributed by atoms with Crippen molar-refractivity contribution in [3.8, 4) is 11.1 Å². The molecule has 0 aliphatic carbocycles. The fourth-order valence-electron chi connectivity index (χ4n) is 2.26. The lowest BCUT2D eigenvalue weighted by Crippen LogP contribution is -2.35. The van der Waals surface area contributed by atoms with E-state index < -0.39 is 10.9 Å². The number of nitrogens with one attached hydrogen (secondary N) is 1. The van der Waals surface area contributed by atoms with E-state index in [-0.39, 0.29) is 5.69 Å². The van der Waals surface area contributed by atoms with Crippen LogP contribution in [0.2, 0.25) is 10.0 Å². The van der Waals surface area contributed by atoms with E-state index in [9.17, 15) is 9.59 Å². The van der Waals surface area contributed by atoms with Crippen molar-refractivity contribution < 1.29 is 0 Å². The number of hydrogen-bond donors (Lipinski definition) is 1. The van der Waals surface area contributed by atoms with Crippen molar-refractivity contribution in [3.05, 3.63) is 78.5 Å². The molecule has 0 bridgehead atoms. The molecule has 0 saturated heterocycles. The minimum Gasteiger partial charge on any atom is -0.350 e. The van der Waals surface area contributed by atoms with Crippen LogP contribution in [-0.4, -0.2) is 0 Å². The van der Waals surface area contributed by atoms with Gasteiger partial charge in [-0.2, -0.15) is 0 Å². The van der Waals surface area contributed by atoms with E-state index in [1.54, 1.807) is 36.4 Å². The Hall–Kier alpha value is -2.10. The highest BCUT2D eigenvalue weighted by molar-refractivity contribution is 6.33. The molecule has 3 nitrogen and oxygen atoms in total. The standard InChI is InChI=1S/C17H11Cl2NO2/c1-9-2-7-13(12(19)8-9)20-15-14(16(21)17(15)22)10-3-5-11(18)6-4-10/h2-8,20H,1H3. The molecule has 0 amide bonds. The van der Waals surface area contributed by atoms with Crippen molar-refractivity contribution in [2.24, 2.45) is 0 Å². The molecule has 0 heterocycles. The van der Waals surface area contributed by atoms with Gasteiger partial charge in [-0.1, -0.05) is 41.4 Å². The maximum atomic E-state index is 11.9. The molecule has 0 aromatic heterocycles. The van der Waals surface area contributed by atoms with Crippen molar-refractivity contribution in [2.45, 2.75) is 6.92 Å². The fourth-order valence-corrected chi connectivity index (χ4v) is 2.67. The summed E-state index contributed by atoms with van der Waals surface area (Å²) < 4.78 is 0. The zero-order valence-electron chi connectivity index (χ0n) is 11.6. The summed E-state index contributed by atoms with van der Waals surface area (Å²) in [6, 6.07) is 12.2. The first-order chi connectivity index (χ1) is 10.5. The average molecular weight is 332 g/mol. The summed E-state index contributed by atoms with van der Waals surface area (Å²) in [5, 5.41) is 4.03. The first-order valence-corrected chi connectivity index (χ1v) is 7.35. The highest BCUT2D eigenvalue weighted by Gasteiger charge is 2.22. The van der Waals surface area contributed by atoms with E-state index >= 15 is 0 Å². The van der Waals surface area contributed by atoms with Gasteiger partial charge in [-0.25, -0.2) is 0 Å². The lowest BCUT2D eigenvalue weighted by Gasteiger charge is -2.14. The summed E-state index contributed by atoms with van der Waals surface area (Å²) in [5.74, 6) is 0. The van der Waals surface area contributed by atoms with Crippen LogP contribution in [0, 0.1) is 6.92 Å². The monoisotopic (exact) mass is 331 g/mol. The highest BCUT2D eigenvalue weighted by Crippen LogP contribution is 2.30. The number of rotatable bonds is 3.